The Labute approximate surface area is 121 Å². The SMILES string of the molecule is ClN1CCc2ccccc2C1(Cl)Cc1cccs1. The quantitative estimate of drug-likeness (QED) is 0.451. The van der Waals surface area contributed by atoms with Crippen LogP contribution in [0.1, 0.15) is 16.0 Å². The molecule has 0 saturated carbocycles. The van der Waals surface area contributed by atoms with Gasteiger partial charge in [0.05, 0.1) is 0 Å². The summed E-state index contributed by atoms with van der Waals surface area (Å²) in [6.07, 6.45) is 1.70. The van der Waals surface area contributed by atoms with Crippen LogP contribution in [0.2, 0.25) is 0 Å². The van der Waals surface area contributed by atoms with Gasteiger partial charge in [0, 0.05) is 17.8 Å². The second-order valence-electron chi connectivity index (χ2n) is 4.51. The van der Waals surface area contributed by atoms with E-state index in [1.807, 2.05) is 12.1 Å². The lowest BCUT2D eigenvalue weighted by molar-refractivity contribution is 0.277. The van der Waals surface area contributed by atoms with E-state index >= 15 is 0 Å². The molecule has 3 rings (SSSR count). The number of nitrogens with zero attached hydrogens (tertiary/aromatic N) is 1. The molecule has 1 unspecified atom stereocenters. The Balaban J connectivity index is 2.03. The third-order valence-electron chi connectivity index (χ3n) is 3.38. The van der Waals surface area contributed by atoms with Crippen molar-refractivity contribution in [1.29, 1.82) is 0 Å². The maximum atomic E-state index is 6.85. The molecule has 1 aliphatic heterocycles. The van der Waals surface area contributed by atoms with Gasteiger partial charge in [-0.15, -0.1) is 11.3 Å². The van der Waals surface area contributed by atoms with Crippen LogP contribution in [-0.4, -0.2) is 11.0 Å². The maximum Gasteiger partial charge on any atom is 0.140 e. The molecule has 2 heterocycles. The number of halogens is 2. The van der Waals surface area contributed by atoms with Crippen molar-refractivity contribution in [2.24, 2.45) is 0 Å². The molecule has 0 bridgehead atoms. The van der Waals surface area contributed by atoms with Crippen molar-refractivity contribution in [2.75, 3.05) is 6.54 Å². The number of thiophene rings is 1. The summed E-state index contributed by atoms with van der Waals surface area (Å²) in [4.78, 5) is 0.633. The first-order valence-electron chi connectivity index (χ1n) is 5.93. The summed E-state index contributed by atoms with van der Waals surface area (Å²) in [5, 5.41) is 2.07. The van der Waals surface area contributed by atoms with Crippen LogP contribution in [0.3, 0.4) is 0 Å². The third kappa shape index (κ3) is 2.08. The minimum atomic E-state index is -0.624. The second-order valence-corrected chi connectivity index (χ2v) is 6.57. The Kier molecular flexibility index (Phi) is 3.37. The van der Waals surface area contributed by atoms with Gasteiger partial charge in [-0.2, -0.15) is 4.42 Å². The monoisotopic (exact) mass is 297 g/mol. The van der Waals surface area contributed by atoms with Gasteiger partial charge in [-0.3, -0.25) is 0 Å². The first-order chi connectivity index (χ1) is 8.70. The molecule has 1 atom stereocenters. The van der Waals surface area contributed by atoms with Gasteiger partial charge in [0.2, 0.25) is 0 Å². The minimum Gasteiger partial charge on any atom is -0.195 e. The molecular weight excluding hydrogens is 285 g/mol. The minimum absolute atomic E-state index is 0.624. The summed E-state index contributed by atoms with van der Waals surface area (Å²) in [5.41, 5.74) is 2.45. The summed E-state index contributed by atoms with van der Waals surface area (Å²) in [5.74, 6) is 0. The number of benzene rings is 1. The fraction of sp³-hybridized carbons (Fsp3) is 0.286. The molecule has 0 spiro atoms. The molecule has 94 valence electrons. The molecule has 0 amide bonds. The number of alkyl halides is 1. The highest BCUT2D eigenvalue weighted by atomic mass is 35.5. The Bertz CT molecular complexity index is 540. The molecule has 1 aromatic carbocycles. The van der Waals surface area contributed by atoms with Crippen LogP contribution in [0, 0.1) is 0 Å². The van der Waals surface area contributed by atoms with Gasteiger partial charge in [-0.05, 0) is 40.8 Å². The molecule has 0 saturated heterocycles. The van der Waals surface area contributed by atoms with Crippen molar-refractivity contribution in [3.63, 3.8) is 0 Å². The van der Waals surface area contributed by atoms with E-state index in [1.165, 1.54) is 10.4 Å². The highest BCUT2D eigenvalue weighted by Gasteiger charge is 2.40. The van der Waals surface area contributed by atoms with E-state index in [9.17, 15) is 0 Å². The van der Waals surface area contributed by atoms with Crippen molar-refractivity contribution >= 4 is 34.7 Å². The fourth-order valence-electron chi connectivity index (χ4n) is 2.46. The molecule has 0 N–H and O–H groups in total. The highest BCUT2D eigenvalue weighted by molar-refractivity contribution is 7.09. The van der Waals surface area contributed by atoms with Crippen LogP contribution in [0.5, 0.6) is 0 Å². The van der Waals surface area contributed by atoms with Crippen molar-refractivity contribution < 1.29 is 0 Å². The standard InChI is InChI=1S/C14H13Cl2NS/c15-14(10-12-5-3-9-18-12)13-6-2-1-4-11(13)7-8-17(14)16/h1-6,9H,7-8,10H2. The third-order valence-corrected chi connectivity index (χ3v) is 5.34. The normalized spacial score (nSPS) is 23.9. The zero-order valence-electron chi connectivity index (χ0n) is 9.77. The molecule has 4 heteroatoms. The van der Waals surface area contributed by atoms with Gasteiger partial charge in [0.25, 0.3) is 0 Å². The first-order valence-corrected chi connectivity index (χ1v) is 7.53. The first kappa shape index (κ1) is 12.5. The Morgan fingerprint density at radius 2 is 2.06 bits per heavy atom. The molecule has 0 fully saturated rings. The van der Waals surface area contributed by atoms with Gasteiger partial charge >= 0.3 is 0 Å². The Morgan fingerprint density at radius 3 is 2.83 bits per heavy atom. The molecule has 1 aromatic heterocycles. The van der Waals surface area contributed by atoms with Crippen LogP contribution in [0.4, 0.5) is 0 Å². The number of fused-ring (bicyclic) bond motifs is 1. The number of rotatable bonds is 2. The molecule has 2 aromatic rings. The predicted octanol–water partition coefficient (Wildman–Crippen LogP) is 4.39. The Morgan fingerprint density at radius 1 is 1.22 bits per heavy atom. The van der Waals surface area contributed by atoms with Gasteiger partial charge in [-0.25, -0.2) is 0 Å². The van der Waals surface area contributed by atoms with E-state index in [0.717, 1.165) is 24.9 Å². The zero-order chi connectivity index (χ0) is 12.6. The van der Waals surface area contributed by atoms with Crippen LogP contribution in [0.25, 0.3) is 0 Å². The molecular formula is C14H13Cl2NS. The predicted molar refractivity (Wildman–Crippen MR) is 78.3 cm³/mol. The lowest BCUT2D eigenvalue weighted by Gasteiger charge is -2.39. The summed E-state index contributed by atoms with van der Waals surface area (Å²) in [6, 6.07) is 12.5. The average molecular weight is 298 g/mol. The zero-order valence-corrected chi connectivity index (χ0v) is 12.1. The topological polar surface area (TPSA) is 3.24 Å². The van der Waals surface area contributed by atoms with E-state index < -0.39 is 5.00 Å². The van der Waals surface area contributed by atoms with Gasteiger partial charge in [0.1, 0.15) is 5.00 Å². The summed E-state index contributed by atoms with van der Waals surface area (Å²) >= 11 is 14.9. The summed E-state index contributed by atoms with van der Waals surface area (Å²) < 4.78 is 1.75. The smallest absolute Gasteiger partial charge is 0.140 e. The molecule has 18 heavy (non-hydrogen) atoms. The average Bonchev–Trinajstić information content (AvgIpc) is 2.87. The lowest BCUT2D eigenvalue weighted by atomic mass is 9.91. The Hall–Kier alpha value is -0.540. The van der Waals surface area contributed by atoms with E-state index in [-0.39, 0.29) is 0 Å². The van der Waals surface area contributed by atoms with Crippen LogP contribution >= 0.6 is 34.7 Å². The second kappa shape index (κ2) is 4.86. The highest BCUT2D eigenvalue weighted by Crippen LogP contribution is 2.43. The van der Waals surface area contributed by atoms with Gasteiger partial charge < -0.3 is 0 Å². The van der Waals surface area contributed by atoms with Gasteiger partial charge in [-0.1, -0.05) is 41.9 Å². The largest absolute Gasteiger partial charge is 0.195 e. The van der Waals surface area contributed by atoms with Crippen molar-refractivity contribution in [3.8, 4) is 0 Å². The van der Waals surface area contributed by atoms with E-state index in [1.54, 1.807) is 15.8 Å². The lowest BCUT2D eigenvalue weighted by Crippen LogP contribution is -2.42. The molecule has 1 aliphatic rings. The summed E-state index contributed by atoms with van der Waals surface area (Å²) in [6.45, 7) is 0.785. The molecule has 0 radical (unpaired) electrons. The van der Waals surface area contributed by atoms with E-state index in [4.69, 9.17) is 23.4 Å². The van der Waals surface area contributed by atoms with Crippen molar-refractivity contribution in [3.05, 3.63) is 57.8 Å². The van der Waals surface area contributed by atoms with Crippen LogP contribution < -0.4 is 0 Å². The van der Waals surface area contributed by atoms with Gasteiger partial charge in [0.15, 0.2) is 0 Å². The van der Waals surface area contributed by atoms with E-state index in [0.29, 0.717) is 0 Å². The summed E-state index contributed by atoms with van der Waals surface area (Å²) in [7, 11) is 0. The number of hydrogen-bond donors (Lipinski definition) is 0. The molecule has 1 nitrogen and oxygen atoms in total. The van der Waals surface area contributed by atoms with Crippen molar-refractivity contribution in [2.45, 2.75) is 17.8 Å². The maximum absolute atomic E-state index is 6.85. The number of hydrogen-bond acceptors (Lipinski definition) is 2. The fourth-order valence-corrected chi connectivity index (χ4v) is 3.97. The molecule has 0 aliphatic carbocycles. The van der Waals surface area contributed by atoms with Crippen LogP contribution in [0.15, 0.2) is 41.8 Å². The van der Waals surface area contributed by atoms with Crippen molar-refractivity contribution in [1.82, 2.24) is 4.42 Å². The van der Waals surface area contributed by atoms with Crippen LogP contribution in [-0.2, 0) is 17.8 Å². The van der Waals surface area contributed by atoms with E-state index in [2.05, 4.69) is 29.6 Å².